The number of ether oxygens (including phenoxy) is 1. The minimum atomic E-state index is -3.72. The van der Waals surface area contributed by atoms with Gasteiger partial charge in [-0.3, -0.25) is 0 Å². The van der Waals surface area contributed by atoms with E-state index in [2.05, 4.69) is 4.72 Å². The first-order chi connectivity index (χ1) is 8.59. The third kappa shape index (κ3) is 4.07. The van der Waals surface area contributed by atoms with Crippen molar-refractivity contribution in [2.24, 2.45) is 0 Å². The number of sulfonamides is 1. The predicted octanol–water partition coefficient (Wildman–Crippen LogP) is 1.93. The van der Waals surface area contributed by atoms with Gasteiger partial charge >= 0.3 is 0 Å². The molecule has 0 saturated carbocycles. The van der Waals surface area contributed by atoms with E-state index < -0.39 is 15.6 Å². The summed E-state index contributed by atoms with van der Waals surface area (Å²) in [6.45, 7) is 5.45. The van der Waals surface area contributed by atoms with E-state index in [1.54, 1.807) is 20.8 Å². The van der Waals surface area contributed by atoms with Crippen LogP contribution in [0.25, 0.3) is 0 Å². The van der Waals surface area contributed by atoms with Gasteiger partial charge in [0.1, 0.15) is 4.90 Å². The number of nitrogens with two attached hydrogens (primary N) is 1. The molecule has 0 radical (unpaired) electrons. The lowest BCUT2D eigenvalue weighted by Gasteiger charge is -2.23. The Balaban J connectivity index is 3.05. The van der Waals surface area contributed by atoms with Crippen LogP contribution in [0.5, 0.6) is 0 Å². The van der Waals surface area contributed by atoms with Crippen molar-refractivity contribution in [3.8, 4) is 0 Å². The van der Waals surface area contributed by atoms with Gasteiger partial charge in [-0.1, -0.05) is 11.6 Å². The second-order valence-electron chi connectivity index (χ2n) is 4.93. The molecule has 0 aliphatic carbocycles. The molecule has 1 aromatic rings. The fourth-order valence-electron chi connectivity index (χ4n) is 1.29. The highest BCUT2D eigenvalue weighted by atomic mass is 35.5. The SMILES string of the molecule is COC(C)(C)CNS(=O)(=O)c1cc(N)c(C)cc1Cl. The number of methoxy groups -OCH3 is 1. The minimum Gasteiger partial charge on any atom is -0.398 e. The highest BCUT2D eigenvalue weighted by Crippen LogP contribution is 2.26. The van der Waals surface area contributed by atoms with Crippen molar-refractivity contribution in [3.05, 3.63) is 22.7 Å². The molecule has 0 aromatic heterocycles. The van der Waals surface area contributed by atoms with Crippen LogP contribution in [0, 0.1) is 6.92 Å². The van der Waals surface area contributed by atoms with Crippen molar-refractivity contribution >= 4 is 27.3 Å². The Morgan fingerprint density at radius 3 is 2.53 bits per heavy atom. The Kier molecular flexibility index (Phi) is 4.84. The zero-order chi connectivity index (χ0) is 14.8. The van der Waals surface area contributed by atoms with Crippen LogP contribution >= 0.6 is 11.6 Å². The van der Waals surface area contributed by atoms with Gasteiger partial charge in [-0.2, -0.15) is 0 Å². The predicted molar refractivity (Wildman–Crippen MR) is 76.9 cm³/mol. The lowest BCUT2D eigenvalue weighted by atomic mass is 10.1. The smallest absolute Gasteiger partial charge is 0.242 e. The summed E-state index contributed by atoms with van der Waals surface area (Å²) in [5.74, 6) is 0. The maximum absolute atomic E-state index is 12.2. The Morgan fingerprint density at radius 1 is 1.42 bits per heavy atom. The van der Waals surface area contributed by atoms with E-state index in [9.17, 15) is 8.42 Å². The molecule has 0 aliphatic rings. The first-order valence-electron chi connectivity index (χ1n) is 5.69. The molecule has 0 heterocycles. The van der Waals surface area contributed by atoms with Gasteiger partial charge in [-0.25, -0.2) is 13.1 Å². The Morgan fingerprint density at radius 2 is 2.00 bits per heavy atom. The van der Waals surface area contributed by atoms with Gasteiger partial charge in [-0.15, -0.1) is 0 Å². The summed E-state index contributed by atoms with van der Waals surface area (Å²) in [6.07, 6.45) is 0. The van der Waals surface area contributed by atoms with E-state index in [1.165, 1.54) is 19.2 Å². The van der Waals surface area contributed by atoms with Crippen LogP contribution in [0.2, 0.25) is 5.02 Å². The standard InChI is InChI=1S/C12H19ClN2O3S/c1-8-5-9(13)11(6-10(8)14)19(16,17)15-7-12(2,3)18-4/h5-6,15H,7,14H2,1-4H3. The second-order valence-corrected chi connectivity index (χ2v) is 7.07. The number of halogens is 1. The molecule has 5 nitrogen and oxygen atoms in total. The van der Waals surface area contributed by atoms with Crippen molar-refractivity contribution < 1.29 is 13.2 Å². The second kappa shape index (κ2) is 5.66. The Labute approximate surface area is 119 Å². The molecule has 19 heavy (non-hydrogen) atoms. The normalized spacial score (nSPS) is 12.7. The van der Waals surface area contributed by atoms with E-state index in [0.29, 0.717) is 5.69 Å². The van der Waals surface area contributed by atoms with E-state index >= 15 is 0 Å². The van der Waals surface area contributed by atoms with E-state index in [1.807, 2.05) is 0 Å². The summed E-state index contributed by atoms with van der Waals surface area (Å²) in [7, 11) is -2.20. The van der Waals surface area contributed by atoms with Gasteiger partial charge in [0, 0.05) is 19.3 Å². The van der Waals surface area contributed by atoms with Gasteiger partial charge in [0.05, 0.1) is 10.6 Å². The molecule has 0 saturated heterocycles. The Bertz CT molecular complexity index is 571. The summed E-state index contributed by atoms with van der Waals surface area (Å²) in [4.78, 5) is -0.0239. The molecule has 0 spiro atoms. The number of nitrogens with one attached hydrogen (secondary N) is 1. The number of nitrogen functional groups attached to an aromatic ring is 1. The van der Waals surface area contributed by atoms with Crippen molar-refractivity contribution in [1.82, 2.24) is 4.72 Å². The number of hydrogen-bond acceptors (Lipinski definition) is 4. The zero-order valence-electron chi connectivity index (χ0n) is 11.5. The maximum Gasteiger partial charge on any atom is 0.242 e. The average Bonchev–Trinajstić information content (AvgIpc) is 2.31. The molecule has 0 unspecified atom stereocenters. The van der Waals surface area contributed by atoms with Crippen LogP contribution < -0.4 is 10.5 Å². The third-order valence-corrected chi connectivity index (χ3v) is 4.72. The first kappa shape index (κ1) is 16.2. The molecule has 0 fully saturated rings. The molecule has 1 aromatic carbocycles. The van der Waals surface area contributed by atoms with Crippen molar-refractivity contribution in [1.29, 1.82) is 0 Å². The van der Waals surface area contributed by atoms with Crippen LogP contribution in [0.15, 0.2) is 17.0 Å². The number of benzene rings is 1. The lowest BCUT2D eigenvalue weighted by molar-refractivity contribution is 0.0276. The summed E-state index contributed by atoms with van der Waals surface area (Å²) >= 11 is 5.96. The van der Waals surface area contributed by atoms with Gasteiger partial charge in [0.15, 0.2) is 0 Å². The molecule has 0 aliphatic heterocycles. The molecule has 108 valence electrons. The monoisotopic (exact) mass is 306 g/mol. The van der Waals surface area contributed by atoms with Crippen LogP contribution in [0.1, 0.15) is 19.4 Å². The largest absolute Gasteiger partial charge is 0.398 e. The molecule has 7 heteroatoms. The van der Waals surface area contributed by atoms with E-state index in [0.717, 1.165) is 5.56 Å². The molecule has 0 atom stereocenters. The van der Waals surface area contributed by atoms with Crippen molar-refractivity contribution in [3.63, 3.8) is 0 Å². The first-order valence-corrected chi connectivity index (χ1v) is 7.55. The van der Waals surface area contributed by atoms with Crippen LogP contribution in [0.4, 0.5) is 5.69 Å². The number of rotatable bonds is 5. The molecular formula is C12H19ClN2O3S. The summed E-state index contributed by atoms with van der Waals surface area (Å²) < 4.78 is 32.0. The van der Waals surface area contributed by atoms with Gasteiger partial charge in [-0.05, 0) is 38.5 Å². The molecular weight excluding hydrogens is 288 g/mol. The lowest BCUT2D eigenvalue weighted by Crippen LogP contribution is -2.39. The quantitative estimate of drug-likeness (QED) is 0.815. The van der Waals surface area contributed by atoms with Crippen LogP contribution in [-0.2, 0) is 14.8 Å². The molecule has 0 bridgehead atoms. The van der Waals surface area contributed by atoms with Gasteiger partial charge < -0.3 is 10.5 Å². The number of hydrogen-bond donors (Lipinski definition) is 2. The molecule has 3 N–H and O–H groups in total. The summed E-state index contributed by atoms with van der Waals surface area (Å²) in [5.41, 5.74) is 6.24. The summed E-state index contributed by atoms with van der Waals surface area (Å²) in [5, 5.41) is 0.148. The van der Waals surface area contributed by atoms with Gasteiger partial charge in [0.25, 0.3) is 0 Å². The van der Waals surface area contributed by atoms with E-state index in [-0.39, 0.29) is 16.5 Å². The van der Waals surface area contributed by atoms with Crippen molar-refractivity contribution in [2.45, 2.75) is 31.3 Å². The fourth-order valence-corrected chi connectivity index (χ4v) is 3.11. The zero-order valence-corrected chi connectivity index (χ0v) is 13.0. The molecule has 0 amide bonds. The Hall–Kier alpha value is -0.820. The van der Waals surface area contributed by atoms with Crippen LogP contribution in [-0.4, -0.2) is 27.7 Å². The van der Waals surface area contributed by atoms with Crippen LogP contribution in [0.3, 0.4) is 0 Å². The van der Waals surface area contributed by atoms with Gasteiger partial charge in [0.2, 0.25) is 10.0 Å². The fraction of sp³-hybridized carbons (Fsp3) is 0.500. The topological polar surface area (TPSA) is 81.4 Å². The van der Waals surface area contributed by atoms with E-state index in [4.69, 9.17) is 22.1 Å². The molecule has 1 rings (SSSR count). The highest BCUT2D eigenvalue weighted by molar-refractivity contribution is 7.89. The third-order valence-electron chi connectivity index (χ3n) is 2.85. The summed E-state index contributed by atoms with van der Waals surface area (Å²) in [6, 6.07) is 2.90. The highest BCUT2D eigenvalue weighted by Gasteiger charge is 2.24. The maximum atomic E-state index is 12.2. The number of aryl methyl sites for hydroxylation is 1. The number of anilines is 1. The minimum absolute atomic E-state index is 0.0239. The van der Waals surface area contributed by atoms with Crippen molar-refractivity contribution in [2.75, 3.05) is 19.4 Å². The average molecular weight is 307 g/mol.